The zero-order valence-electron chi connectivity index (χ0n) is 3.49. The van der Waals surface area contributed by atoms with Gasteiger partial charge < -0.3 is 0 Å². The third-order valence-corrected chi connectivity index (χ3v) is 0.337. The molecule has 0 N–H and O–H groups in total. The summed E-state index contributed by atoms with van der Waals surface area (Å²) in [5.41, 5.74) is 0. The van der Waals surface area contributed by atoms with E-state index in [1.807, 2.05) is 0 Å². The van der Waals surface area contributed by atoms with E-state index in [1.54, 1.807) is 0 Å². The van der Waals surface area contributed by atoms with Crippen molar-refractivity contribution in [3.05, 3.63) is 12.7 Å². The second kappa shape index (κ2) is 5.53. The van der Waals surface area contributed by atoms with Gasteiger partial charge in [-0.15, -0.1) is 0 Å². The number of carbonyl (C=O) groups excluding carboxylic acids is 1. The minimum Gasteiger partial charge on any atom is 0 e. The van der Waals surface area contributed by atoms with Crippen molar-refractivity contribution in [1.29, 1.82) is 0 Å². The zero-order valence-corrected chi connectivity index (χ0v) is 4.44. The second-order valence-electron chi connectivity index (χ2n) is 0.471. The normalized spacial score (nSPS) is 5.67. The summed E-state index contributed by atoms with van der Waals surface area (Å²) in [6.07, 6.45) is 1.08. The third kappa shape index (κ3) is 8.82. The molecule has 0 heterocycles. The van der Waals surface area contributed by atoms with E-state index in [0.717, 1.165) is 6.08 Å². The summed E-state index contributed by atoms with van der Waals surface area (Å²) in [6.45, 7) is 3.10. The van der Waals surface area contributed by atoms with Crippen LogP contribution in [0.5, 0.6) is 0 Å². The van der Waals surface area contributed by atoms with Crippen LogP contribution in [0.1, 0.15) is 0 Å². The number of allylic oxidation sites excluding steroid dienone is 1. The van der Waals surface area contributed by atoms with Crippen LogP contribution in [0.15, 0.2) is 12.7 Å². The first-order valence-electron chi connectivity index (χ1n) is 1.05. The first kappa shape index (κ1) is 9.73. The molecule has 0 aliphatic carbocycles. The van der Waals surface area contributed by atoms with Gasteiger partial charge in [-0.05, 0) is 0 Å². The van der Waals surface area contributed by atoms with Crippen LogP contribution in [-0.4, -0.2) is 23.5 Å². The molecule has 0 saturated heterocycles. The van der Waals surface area contributed by atoms with Gasteiger partial charge in [-0.25, -0.2) is 0 Å². The van der Waals surface area contributed by atoms with Crippen LogP contribution in [0.3, 0.4) is 0 Å². The van der Waals surface area contributed by atoms with Crippen LogP contribution in [0.4, 0.5) is 0 Å². The fourth-order valence-electron chi connectivity index (χ4n) is 0. The fourth-order valence-corrected chi connectivity index (χ4v) is 0. The molecule has 0 amide bonds. The van der Waals surface area contributed by atoms with Crippen molar-refractivity contribution in [3.63, 3.8) is 0 Å². The molecule has 0 spiro atoms. The average Bonchev–Trinajstić information content (AvgIpc) is 1.38. The van der Waals surface area contributed by atoms with E-state index in [1.165, 1.54) is 0 Å². The molecule has 0 unspecified atom stereocenters. The number of hydrogen-bond donors (Lipinski definition) is 0. The Labute approximate surface area is 57.2 Å². The molecule has 0 saturated carbocycles. The standard InChI is InChI=1S/C3H3O.Cu.Li/c1-2-3-4;;/h2H,1H2;;. The predicted octanol–water partition coefficient (Wildman–Crippen LogP) is -0.135. The zero-order chi connectivity index (χ0) is 4.28. The van der Waals surface area contributed by atoms with Crippen LogP contribution in [0, 0.1) is 0 Å². The van der Waals surface area contributed by atoms with Crippen molar-refractivity contribution in [2.24, 2.45) is 0 Å². The summed E-state index contributed by atoms with van der Waals surface area (Å²) in [7, 11) is 0. The molecule has 3 heteroatoms. The Hall–Kier alpha value is 0.527. The minimum atomic E-state index is -0.419. The first-order chi connectivity index (χ1) is 2.27. The van der Waals surface area contributed by atoms with Gasteiger partial charge in [0.15, 0.2) is 0 Å². The van der Waals surface area contributed by atoms with Gasteiger partial charge in [-0.1, -0.05) is 0 Å². The molecule has 0 bridgehead atoms. The van der Waals surface area contributed by atoms with Crippen LogP contribution in [0.2, 0.25) is 0 Å². The van der Waals surface area contributed by atoms with E-state index in [4.69, 9.17) is 0 Å². The summed E-state index contributed by atoms with van der Waals surface area (Å²) < 4.78 is -0.419. The van der Waals surface area contributed by atoms with Gasteiger partial charge in [-0.2, -0.15) is 0 Å². The maximum Gasteiger partial charge on any atom is 0 e. The van der Waals surface area contributed by atoms with E-state index in [0.29, 0.717) is 0 Å². The second-order valence-corrected chi connectivity index (χ2v) is 0.935. The van der Waals surface area contributed by atoms with Gasteiger partial charge in [0.25, 0.3) is 0 Å². The summed E-state index contributed by atoms with van der Waals surface area (Å²) in [5.74, 6) is 0. The minimum absolute atomic E-state index is 0. The van der Waals surface area contributed by atoms with Gasteiger partial charge in [0, 0.05) is 18.9 Å². The van der Waals surface area contributed by atoms with Crippen LogP contribution < -0.4 is 0 Å². The summed E-state index contributed by atoms with van der Waals surface area (Å²) in [6, 6.07) is 0. The molecule has 6 heavy (non-hydrogen) atoms. The Morgan fingerprint density at radius 1 is 1.83 bits per heavy atom. The van der Waals surface area contributed by atoms with E-state index in [2.05, 4.69) is 22.6 Å². The summed E-state index contributed by atoms with van der Waals surface area (Å²) in [5, 5.41) is 0. The Bertz CT molecular complexity index is 61.8. The molecular formula is C3H3CuLiO. The van der Waals surface area contributed by atoms with Crippen molar-refractivity contribution in [2.45, 2.75) is 0 Å². The van der Waals surface area contributed by atoms with Crippen LogP contribution in [0.25, 0.3) is 0 Å². The molecule has 0 atom stereocenters. The van der Waals surface area contributed by atoms with Crippen molar-refractivity contribution in [1.82, 2.24) is 0 Å². The molecule has 1 radical (unpaired) electrons. The Kier molecular flexibility index (Phi) is 8.96. The van der Waals surface area contributed by atoms with Crippen molar-refractivity contribution in [2.75, 3.05) is 0 Å². The van der Waals surface area contributed by atoms with Gasteiger partial charge >= 0.3 is 38.1 Å². The molecule has 0 fully saturated rings. The number of carbonyl (C=O) groups is 1. The Balaban J connectivity index is 0. The molecular weight excluding hydrogens is 123 g/mol. The molecule has 0 aliphatic heterocycles. The molecule has 0 aromatic carbocycles. The van der Waals surface area contributed by atoms with Gasteiger partial charge in [0.05, 0.1) is 0 Å². The quantitative estimate of drug-likeness (QED) is 0.352. The van der Waals surface area contributed by atoms with Crippen LogP contribution >= 0.6 is 0 Å². The average molecular weight is 126 g/mol. The number of hydrogen-bond acceptors (Lipinski definition) is 1. The SMILES string of the molecule is C=C[C](=O)[Cu].[Li]. The van der Waals surface area contributed by atoms with Gasteiger partial charge in [-0.3, -0.25) is 0 Å². The molecule has 0 rings (SSSR count). The van der Waals surface area contributed by atoms with Crippen molar-refractivity contribution in [3.8, 4) is 0 Å². The topological polar surface area (TPSA) is 17.1 Å². The van der Waals surface area contributed by atoms with Crippen molar-refractivity contribution >= 4 is 23.5 Å². The molecule has 33 valence electrons. The Morgan fingerprint density at radius 3 is 2.00 bits per heavy atom. The number of rotatable bonds is 1. The fraction of sp³-hybridized carbons (Fsp3) is 0. The third-order valence-electron chi connectivity index (χ3n) is 0.145. The van der Waals surface area contributed by atoms with E-state index in [9.17, 15) is 4.79 Å². The molecule has 1 nitrogen and oxygen atoms in total. The van der Waals surface area contributed by atoms with Crippen LogP contribution in [-0.2, 0) is 20.8 Å². The van der Waals surface area contributed by atoms with E-state index >= 15 is 0 Å². The van der Waals surface area contributed by atoms with E-state index < -0.39 is 4.68 Å². The molecule has 0 aromatic heterocycles. The summed E-state index contributed by atoms with van der Waals surface area (Å²) >= 11 is 4.15. The summed E-state index contributed by atoms with van der Waals surface area (Å²) in [4.78, 5) is 9.50. The maximum atomic E-state index is 9.50. The monoisotopic (exact) mass is 125 g/mol. The van der Waals surface area contributed by atoms with Gasteiger partial charge in [0.1, 0.15) is 0 Å². The predicted molar refractivity (Wildman–Crippen MR) is 21.0 cm³/mol. The first-order valence-corrected chi connectivity index (χ1v) is 1.52. The largest absolute Gasteiger partial charge is 0 e. The molecule has 0 aliphatic rings. The van der Waals surface area contributed by atoms with Gasteiger partial charge in [0.2, 0.25) is 0 Å². The maximum absolute atomic E-state index is 9.50. The molecule has 0 aromatic rings. The Morgan fingerprint density at radius 2 is 2.00 bits per heavy atom. The van der Waals surface area contributed by atoms with Crippen molar-refractivity contribution < 1.29 is 20.8 Å². The smallest absolute Gasteiger partial charge is 0 e. The van der Waals surface area contributed by atoms with E-state index in [-0.39, 0.29) is 18.9 Å².